The number of hydrogen-bond acceptors (Lipinski definition) is 4. The van der Waals surface area contributed by atoms with Gasteiger partial charge in [-0.15, -0.1) is 0 Å². The maximum atomic E-state index is 13.0. The Hall–Kier alpha value is -1.80. The Morgan fingerprint density at radius 1 is 1.20 bits per heavy atom. The van der Waals surface area contributed by atoms with Crippen LogP contribution in [0.2, 0.25) is 0 Å². The Bertz CT molecular complexity index is 689. The molecular weight excluding hydrogens is 347 g/mol. The van der Waals surface area contributed by atoms with Crippen molar-refractivity contribution in [2.45, 2.75) is 51.1 Å². The maximum absolute atomic E-state index is 13.0. The van der Waals surface area contributed by atoms with Gasteiger partial charge >= 0.3 is 0 Å². The SMILES string of the molecule is CCC(C)C(C=O)NC(=O)C(NS(=O)(=O)c1ccc(F)cc1)C(C)C. The van der Waals surface area contributed by atoms with Gasteiger partial charge in [0.05, 0.1) is 10.9 Å². The van der Waals surface area contributed by atoms with Crippen LogP contribution in [0.4, 0.5) is 4.39 Å². The zero-order chi connectivity index (χ0) is 19.2. The number of nitrogens with one attached hydrogen (secondary N) is 2. The van der Waals surface area contributed by atoms with Crippen molar-refractivity contribution in [3.8, 4) is 0 Å². The molecule has 3 unspecified atom stereocenters. The molecule has 1 aromatic carbocycles. The van der Waals surface area contributed by atoms with Crippen LogP contribution < -0.4 is 10.0 Å². The number of halogens is 1. The summed E-state index contributed by atoms with van der Waals surface area (Å²) in [4.78, 5) is 23.5. The predicted octanol–water partition coefficient (Wildman–Crippen LogP) is 1.86. The van der Waals surface area contributed by atoms with Crippen LogP contribution in [0.5, 0.6) is 0 Å². The lowest BCUT2D eigenvalue weighted by atomic mass is 9.98. The van der Waals surface area contributed by atoms with Crippen molar-refractivity contribution < 1.29 is 22.4 Å². The lowest BCUT2D eigenvalue weighted by Crippen LogP contribution is -2.53. The number of rotatable bonds is 9. The molecule has 6 nitrogen and oxygen atoms in total. The van der Waals surface area contributed by atoms with Crippen molar-refractivity contribution in [2.75, 3.05) is 0 Å². The van der Waals surface area contributed by atoms with Crippen LogP contribution in [0.25, 0.3) is 0 Å². The van der Waals surface area contributed by atoms with E-state index in [1.807, 2.05) is 13.8 Å². The minimum Gasteiger partial charge on any atom is -0.345 e. The molecule has 0 bridgehead atoms. The normalized spacial score (nSPS) is 15.4. The van der Waals surface area contributed by atoms with Crippen molar-refractivity contribution in [1.29, 1.82) is 0 Å². The fourth-order valence-electron chi connectivity index (χ4n) is 2.16. The molecule has 1 aromatic rings. The molecule has 0 saturated carbocycles. The summed E-state index contributed by atoms with van der Waals surface area (Å²) < 4.78 is 40.2. The molecule has 0 fully saturated rings. The average molecular weight is 372 g/mol. The molecule has 0 saturated heterocycles. The number of carbonyl (C=O) groups is 2. The molecule has 140 valence electrons. The topological polar surface area (TPSA) is 92.3 Å². The van der Waals surface area contributed by atoms with Gasteiger partial charge in [-0.25, -0.2) is 12.8 Å². The van der Waals surface area contributed by atoms with E-state index in [1.54, 1.807) is 13.8 Å². The van der Waals surface area contributed by atoms with Gasteiger partial charge in [0.25, 0.3) is 0 Å². The molecule has 0 spiro atoms. The fraction of sp³-hybridized carbons (Fsp3) is 0.529. The van der Waals surface area contributed by atoms with E-state index in [0.29, 0.717) is 12.7 Å². The molecular formula is C17H25FN2O4S. The summed E-state index contributed by atoms with van der Waals surface area (Å²) >= 11 is 0. The number of carbonyl (C=O) groups excluding carboxylic acids is 2. The van der Waals surface area contributed by atoms with Gasteiger partial charge in [-0.1, -0.05) is 34.1 Å². The summed E-state index contributed by atoms with van der Waals surface area (Å²) in [6, 6.07) is 2.57. The average Bonchev–Trinajstić information content (AvgIpc) is 2.56. The van der Waals surface area contributed by atoms with Crippen LogP contribution in [0.15, 0.2) is 29.2 Å². The van der Waals surface area contributed by atoms with Gasteiger partial charge in [0.2, 0.25) is 15.9 Å². The molecule has 8 heteroatoms. The first-order valence-electron chi connectivity index (χ1n) is 8.16. The highest BCUT2D eigenvalue weighted by Crippen LogP contribution is 2.14. The van der Waals surface area contributed by atoms with Gasteiger partial charge in [0.15, 0.2) is 0 Å². The van der Waals surface area contributed by atoms with Gasteiger partial charge in [0, 0.05) is 0 Å². The Morgan fingerprint density at radius 3 is 2.20 bits per heavy atom. The summed E-state index contributed by atoms with van der Waals surface area (Å²) in [5, 5.41) is 2.59. The minimum absolute atomic E-state index is 0.0667. The van der Waals surface area contributed by atoms with E-state index in [4.69, 9.17) is 0 Å². The second-order valence-corrected chi connectivity index (χ2v) is 8.07. The minimum atomic E-state index is -4.00. The summed E-state index contributed by atoms with van der Waals surface area (Å²) in [5.41, 5.74) is 0. The van der Waals surface area contributed by atoms with E-state index in [9.17, 15) is 22.4 Å². The Balaban J connectivity index is 2.98. The summed E-state index contributed by atoms with van der Waals surface area (Å²) in [6.07, 6.45) is 1.34. The highest BCUT2D eigenvalue weighted by molar-refractivity contribution is 7.89. The Kier molecular flexibility index (Phi) is 7.69. The van der Waals surface area contributed by atoms with Crippen molar-refractivity contribution in [1.82, 2.24) is 10.0 Å². The fourth-order valence-corrected chi connectivity index (χ4v) is 3.50. The Labute approximate surface area is 148 Å². The number of amides is 1. The first-order chi connectivity index (χ1) is 11.6. The van der Waals surface area contributed by atoms with Crippen LogP contribution in [-0.2, 0) is 19.6 Å². The number of aldehydes is 1. The predicted molar refractivity (Wildman–Crippen MR) is 92.8 cm³/mol. The van der Waals surface area contributed by atoms with Gasteiger partial charge in [-0.05, 0) is 36.1 Å². The van der Waals surface area contributed by atoms with Crippen molar-refractivity contribution in [2.24, 2.45) is 11.8 Å². The van der Waals surface area contributed by atoms with E-state index in [-0.39, 0.29) is 16.7 Å². The number of sulfonamides is 1. The van der Waals surface area contributed by atoms with Gasteiger partial charge < -0.3 is 10.1 Å². The molecule has 3 atom stereocenters. The molecule has 0 radical (unpaired) electrons. The second-order valence-electron chi connectivity index (χ2n) is 6.35. The van der Waals surface area contributed by atoms with Crippen LogP contribution >= 0.6 is 0 Å². The van der Waals surface area contributed by atoms with E-state index in [0.717, 1.165) is 24.3 Å². The highest BCUT2D eigenvalue weighted by Gasteiger charge is 2.30. The van der Waals surface area contributed by atoms with E-state index < -0.39 is 33.8 Å². The summed E-state index contributed by atoms with van der Waals surface area (Å²) in [7, 11) is -4.00. The third-order valence-electron chi connectivity index (χ3n) is 4.07. The van der Waals surface area contributed by atoms with E-state index >= 15 is 0 Å². The molecule has 0 aliphatic carbocycles. The van der Waals surface area contributed by atoms with Crippen LogP contribution in [0.3, 0.4) is 0 Å². The molecule has 25 heavy (non-hydrogen) atoms. The smallest absolute Gasteiger partial charge is 0.241 e. The van der Waals surface area contributed by atoms with Crippen molar-refractivity contribution >= 4 is 22.2 Å². The van der Waals surface area contributed by atoms with E-state index in [1.165, 1.54) is 0 Å². The third-order valence-corrected chi connectivity index (χ3v) is 5.52. The first kappa shape index (κ1) is 21.2. The van der Waals surface area contributed by atoms with Gasteiger partial charge in [-0.3, -0.25) is 4.79 Å². The molecule has 0 aliphatic rings. The molecule has 0 heterocycles. The molecule has 1 rings (SSSR count). The van der Waals surface area contributed by atoms with E-state index in [2.05, 4.69) is 10.0 Å². The standard InChI is InChI=1S/C17H25FN2O4S/c1-5-12(4)15(10-21)19-17(22)16(11(2)3)20-25(23,24)14-8-6-13(18)7-9-14/h6-12,15-16,20H,5H2,1-4H3,(H,19,22). The number of hydrogen-bond donors (Lipinski definition) is 2. The molecule has 0 aliphatic heterocycles. The molecule has 0 aromatic heterocycles. The van der Waals surface area contributed by atoms with Crippen molar-refractivity contribution in [3.63, 3.8) is 0 Å². The van der Waals surface area contributed by atoms with Crippen molar-refractivity contribution in [3.05, 3.63) is 30.1 Å². The van der Waals surface area contributed by atoms with Gasteiger partial charge in [0.1, 0.15) is 18.1 Å². The second kappa shape index (κ2) is 9.05. The zero-order valence-corrected chi connectivity index (χ0v) is 15.6. The first-order valence-corrected chi connectivity index (χ1v) is 9.64. The maximum Gasteiger partial charge on any atom is 0.241 e. The summed E-state index contributed by atoms with van der Waals surface area (Å²) in [5.74, 6) is -1.54. The lowest BCUT2D eigenvalue weighted by Gasteiger charge is -2.25. The lowest BCUT2D eigenvalue weighted by molar-refractivity contribution is -0.126. The molecule has 1 amide bonds. The van der Waals surface area contributed by atoms with Crippen LogP contribution in [-0.4, -0.2) is 32.7 Å². The quantitative estimate of drug-likeness (QED) is 0.647. The highest BCUT2D eigenvalue weighted by atomic mass is 32.2. The molecule has 2 N–H and O–H groups in total. The Morgan fingerprint density at radius 2 is 1.76 bits per heavy atom. The largest absolute Gasteiger partial charge is 0.345 e. The monoisotopic (exact) mass is 372 g/mol. The van der Waals surface area contributed by atoms with Crippen LogP contribution in [0, 0.1) is 17.7 Å². The summed E-state index contributed by atoms with van der Waals surface area (Å²) in [6.45, 7) is 7.10. The van der Waals surface area contributed by atoms with Gasteiger partial charge in [-0.2, -0.15) is 4.72 Å². The van der Waals surface area contributed by atoms with Crippen LogP contribution in [0.1, 0.15) is 34.1 Å². The number of benzene rings is 1. The zero-order valence-electron chi connectivity index (χ0n) is 14.8. The third kappa shape index (κ3) is 5.89.